The van der Waals surface area contributed by atoms with E-state index in [9.17, 15) is 17.2 Å². The van der Waals surface area contributed by atoms with Crippen LogP contribution >= 0.6 is 22.9 Å². The fraction of sp³-hybridized carbons (Fsp3) is 0.471. The molecule has 4 rings (SSSR count). The van der Waals surface area contributed by atoms with Crippen molar-refractivity contribution in [3.8, 4) is 0 Å². The highest BCUT2D eigenvalue weighted by Crippen LogP contribution is 2.40. The maximum absolute atomic E-state index is 14.6. The molecule has 152 valence electrons. The molecular formula is C17H19ClF2N4O2S2. The van der Waals surface area contributed by atoms with Gasteiger partial charge in [-0.15, -0.1) is 11.3 Å². The van der Waals surface area contributed by atoms with Crippen LogP contribution in [0.5, 0.6) is 0 Å². The summed E-state index contributed by atoms with van der Waals surface area (Å²) in [5.74, 6) is -0.925. The van der Waals surface area contributed by atoms with Crippen molar-refractivity contribution in [2.24, 2.45) is 0 Å². The van der Waals surface area contributed by atoms with E-state index < -0.39 is 26.9 Å². The zero-order valence-electron chi connectivity index (χ0n) is 14.8. The van der Waals surface area contributed by atoms with E-state index in [4.69, 9.17) is 11.6 Å². The van der Waals surface area contributed by atoms with Crippen LogP contribution in [-0.2, 0) is 10.0 Å². The number of benzene rings is 1. The van der Waals surface area contributed by atoms with Gasteiger partial charge in [0.2, 0.25) is 0 Å². The summed E-state index contributed by atoms with van der Waals surface area (Å²) in [5, 5.41) is 4.92. The summed E-state index contributed by atoms with van der Waals surface area (Å²) in [5.41, 5.74) is -0.00740. The first-order valence-corrected chi connectivity index (χ1v) is 11.6. The lowest BCUT2D eigenvalue weighted by Gasteiger charge is -2.32. The number of nitrogens with zero attached hydrogens (tertiary/aromatic N) is 2. The Balaban J connectivity index is 1.53. The Kier molecular flexibility index (Phi) is 5.24. The zero-order valence-corrected chi connectivity index (χ0v) is 17.2. The highest BCUT2D eigenvalue weighted by Gasteiger charge is 2.48. The first kappa shape index (κ1) is 19.8. The minimum absolute atomic E-state index is 0.0802. The van der Waals surface area contributed by atoms with Crippen LogP contribution in [0.4, 0.5) is 19.6 Å². The quantitative estimate of drug-likeness (QED) is 0.704. The van der Waals surface area contributed by atoms with Gasteiger partial charge in [0.05, 0.1) is 10.7 Å². The van der Waals surface area contributed by atoms with Crippen molar-refractivity contribution in [1.29, 1.82) is 0 Å². The number of aromatic nitrogens is 1. The molecule has 2 atom stereocenters. The molecule has 2 aliphatic rings. The van der Waals surface area contributed by atoms with Gasteiger partial charge in [-0.2, -0.15) is 0 Å². The summed E-state index contributed by atoms with van der Waals surface area (Å²) in [7, 11) is -4.15. The standard InChI is InChI=1S/C17H19ClF2N4O2S2/c18-12-6-15(28(25,26)23-16-21-3-5-27-16)13(20)7-14(12)22-10-17-2-1-4-24(17)9-11(19)8-17/h3,5-7,11,22H,1-2,4,8-10H2,(H,21,23)/t11-,17-/m0/s1. The largest absolute Gasteiger partial charge is 0.382 e. The molecule has 2 aromatic rings. The Morgan fingerprint density at radius 1 is 1.43 bits per heavy atom. The number of fused-ring (bicyclic) bond motifs is 1. The van der Waals surface area contributed by atoms with E-state index in [2.05, 4.69) is 19.9 Å². The Morgan fingerprint density at radius 3 is 3.00 bits per heavy atom. The van der Waals surface area contributed by atoms with Gasteiger partial charge in [-0.3, -0.25) is 9.62 Å². The molecule has 1 aromatic carbocycles. The van der Waals surface area contributed by atoms with E-state index >= 15 is 0 Å². The van der Waals surface area contributed by atoms with Gasteiger partial charge in [0.15, 0.2) is 5.13 Å². The highest BCUT2D eigenvalue weighted by atomic mass is 35.5. The first-order chi connectivity index (χ1) is 13.3. The molecule has 28 heavy (non-hydrogen) atoms. The highest BCUT2D eigenvalue weighted by molar-refractivity contribution is 7.93. The number of halogens is 3. The number of rotatable bonds is 6. The van der Waals surface area contributed by atoms with Crippen LogP contribution in [0.3, 0.4) is 0 Å². The summed E-state index contributed by atoms with van der Waals surface area (Å²) in [6.07, 6.45) is 2.87. The third-order valence-electron chi connectivity index (χ3n) is 5.33. The smallest absolute Gasteiger partial charge is 0.266 e. The second-order valence-electron chi connectivity index (χ2n) is 7.13. The molecule has 6 nitrogen and oxygen atoms in total. The normalized spacial score (nSPS) is 25.0. The third-order valence-corrected chi connectivity index (χ3v) is 7.82. The Hall–Kier alpha value is -1.49. The van der Waals surface area contributed by atoms with E-state index in [0.717, 1.165) is 42.9 Å². The Labute approximate surface area is 171 Å². The van der Waals surface area contributed by atoms with Crippen LogP contribution < -0.4 is 10.0 Å². The molecule has 3 heterocycles. The lowest BCUT2D eigenvalue weighted by molar-refractivity contribution is 0.209. The van der Waals surface area contributed by atoms with Crippen molar-refractivity contribution in [2.45, 2.75) is 35.9 Å². The monoisotopic (exact) mass is 448 g/mol. The predicted octanol–water partition coefficient (Wildman–Crippen LogP) is 3.72. The SMILES string of the molecule is O=S(=O)(Nc1nccs1)c1cc(Cl)c(NC[C@@]23CCCN2C[C@@H](F)C3)cc1F. The van der Waals surface area contributed by atoms with Crippen molar-refractivity contribution >= 4 is 43.8 Å². The fourth-order valence-corrected chi connectivity index (χ4v) is 6.24. The fourth-order valence-electron chi connectivity index (χ4n) is 4.07. The van der Waals surface area contributed by atoms with Gasteiger partial charge in [0, 0.05) is 30.2 Å². The number of sulfonamides is 1. The molecule has 2 fully saturated rings. The predicted molar refractivity (Wildman–Crippen MR) is 106 cm³/mol. The molecule has 0 aliphatic carbocycles. The minimum Gasteiger partial charge on any atom is -0.382 e. The van der Waals surface area contributed by atoms with Gasteiger partial charge in [-0.1, -0.05) is 11.6 Å². The topological polar surface area (TPSA) is 74.3 Å². The minimum atomic E-state index is -4.15. The second-order valence-corrected chi connectivity index (χ2v) is 10.1. The van der Waals surface area contributed by atoms with Crippen LogP contribution in [0.1, 0.15) is 19.3 Å². The van der Waals surface area contributed by atoms with Gasteiger partial charge in [-0.05, 0) is 37.9 Å². The van der Waals surface area contributed by atoms with Gasteiger partial charge >= 0.3 is 0 Å². The Morgan fingerprint density at radius 2 is 2.25 bits per heavy atom. The average molecular weight is 449 g/mol. The first-order valence-electron chi connectivity index (χ1n) is 8.83. The van der Waals surface area contributed by atoms with Crippen molar-refractivity contribution < 1.29 is 17.2 Å². The van der Waals surface area contributed by atoms with Crippen LogP contribution in [0.15, 0.2) is 28.6 Å². The van der Waals surface area contributed by atoms with E-state index in [1.165, 1.54) is 6.20 Å². The molecule has 0 unspecified atom stereocenters. The molecule has 0 saturated carbocycles. The molecule has 0 spiro atoms. The molecule has 0 bridgehead atoms. The molecule has 0 amide bonds. The van der Waals surface area contributed by atoms with Gasteiger partial charge < -0.3 is 5.32 Å². The lowest BCUT2D eigenvalue weighted by atomic mass is 9.93. The van der Waals surface area contributed by atoms with E-state index in [1.54, 1.807) is 5.38 Å². The van der Waals surface area contributed by atoms with Gasteiger partial charge in [0.25, 0.3) is 10.0 Å². The average Bonchev–Trinajstić information content (AvgIpc) is 3.31. The van der Waals surface area contributed by atoms with Crippen LogP contribution in [0.2, 0.25) is 5.02 Å². The van der Waals surface area contributed by atoms with Gasteiger partial charge in [-0.25, -0.2) is 22.2 Å². The summed E-state index contributed by atoms with van der Waals surface area (Å²) >= 11 is 7.31. The summed E-state index contributed by atoms with van der Waals surface area (Å²) in [6.45, 7) is 1.70. The number of thiazole rings is 1. The van der Waals surface area contributed by atoms with Crippen molar-refractivity contribution in [2.75, 3.05) is 29.7 Å². The molecule has 2 aliphatic heterocycles. The van der Waals surface area contributed by atoms with Crippen molar-refractivity contribution in [3.63, 3.8) is 0 Å². The molecule has 2 N–H and O–H groups in total. The number of nitrogens with one attached hydrogen (secondary N) is 2. The lowest BCUT2D eigenvalue weighted by Crippen LogP contribution is -2.44. The molecule has 0 radical (unpaired) electrons. The zero-order chi connectivity index (χ0) is 19.9. The molecule has 11 heteroatoms. The number of alkyl halides is 1. The van der Waals surface area contributed by atoms with Crippen LogP contribution in [0, 0.1) is 5.82 Å². The number of anilines is 2. The van der Waals surface area contributed by atoms with Crippen molar-refractivity contribution in [1.82, 2.24) is 9.88 Å². The van der Waals surface area contributed by atoms with E-state index in [-0.39, 0.29) is 21.4 Å². The summed E-state index contributed by atoms with van der Waals surface area (Å²) in [6, 6.07) is 2.14. The van der Waals surface area contributed by atoms with Crippen molar-refractivity contribution in [3.05, 3.63) is 34.5 Å². The molecular weight excluding hydrogens is 430 g/mol. The molecule has 1 aromatic heterocycles. The maximum atomic E-state index is 14.6. The van der Waals surface area contributed by atoms with Crippen LogP contribution in [0.25, 0.3) is 0 Å². The second kappa shape index (κ2) is 7.40. The summed E-state index contributed by atoms with van der Waals surface area (Å²) in [4.78, 5) is 5.41. The molecule has 2 saturated heterocycles. The van der Waals surface area contributed by atoms with E-state index in [0.29, 0.717) is 19.5 Å². The number of hydrogen-bond acceptors (Lipinski definition) is 6. The Bertz CT molecular complexity index is 974. The third kappa shape index (κ3) is 3.70. The maximum Gasteiger partial charge on any atom is 0.266 e. The van der Waals surface area contributed by atoms with Gasteiger partial charge in [0.1, 0.15) is 16.9 Å². The van der Waals surface area contributed by atoms with E-state index in [1.807, 2.05) is 0 Å². The number of hydrogen-bond donors (Lipinski definition) is 2. The summed E-state index contributed by atoms with van der Waals surface area (Å²) < 4.78 is 55.5. The van der Waals surface area contributed by atoms with Crippen LogP contribution in [-0.4, -0.2) is 49.6 Å².